The molecule has 0 bridgehead atoms. The fourth-order valence-corrected chi connectivity index (χ4v) is 6.68. The number of hydrogen-bond donors (Lipinski definition) is 0. The van der Waals surface area contributed by atoms with E-state index in [1.165, 1.54) is 18.1 Å². The minimum atomic E-state index is -5.02. The van der Waals surface area contributed by atoms with Gasteiger partial charge in [-0.15, -0.1) is 0 Å². The van der Waals surface area contributed by atoms with Crippen molar-refractivity contribution in [3.05, 3.63) is 69.5 Å². The molecule has 2 aromatic carbocycles. The maximum Gasteiger partial charge on any atom is 0.416 e. The van der Waals surface area contributed by atoms with Gasteiger partial charge in [-0.2, -0.15) is 26.3 Å². The van der Waals surface area contributed by atoms with Gasteiger partial charge in [-0.1, -0.05) is 6.92 Å². The van der Waals surface area contributed by atoms with E-state index in [0.29, 0.717) is 36.3 Å². The molecule has 1 heterocycles. The Balaban J connectivity index is 1.37. The Hall–Kier alpha value is -3.24. The first-order valence-electron chi connectivity index (χ1n) is 14.4. The van der Waals surface area contributed by atoms with Gasteiger partial charge in [0.1, 0.15) is 17.7 Å². The summed E-state index contributed by atoms with van der Waals surface area (Å²) in [6.07, 6.45) is -6.12. The maximum atomic E-state index is 15.1. The topological polar surface area (TPSA) is 38.8 Å². The fraction of sp³-hybridized carbons (Fsp3) is 0.531. The second-order valence-electron chi connectivity index (χ2n) is 12.9. The average molecular weight is 612 g/mol. The number of cyclic esters (lactones) is 1. The number of methoxy groups -OCH3 is 1. The van der Waals surface area contributed by atoms with E-state index in [-0.39, 0.29) is 34.8 Å². The molecule has 4 nitrogen and oxygen atoms in total. The van der Waals surface area contributed by atoms with Crippen LogP contribution in [-0.4, -0.2) is 30.7 Å². The third kappa shape index (κ3) is 5.48. The van der Waals surface area contributed by atoms with E-state index in [1.54, 1.807) is 6.92 Å². The predicted molar refractivity (Wildman–Crippen MR) is 144 cm³/mol. The summed E-state index contributed by atoms with van der Waals surface area (Å²) < 4.78 is 107. The van der Waals surface area contributed by atoms with E-state index in [1.807, 2.05) is 13.0 Å². The van der Waals surface area contributed by atoms with Crippen molar-refractivity contribution in [1.82, 2.24) is 4.90 Å². The highest BCUT2D eigenvalue weighted by Gasteiger charge is 2.49. The van der Waals surface area contributed by atoms with E-state index in [4.69, 9.17) is 9.47 Å². The van der Waals surface area contributed by atoms with Gasteiger partial charge in [-0.25, -0.2) is 9.18 Å². The summed E-state index contributed by atoms with van der Waals surface area (Å²) in [6, 6.07) is 3.68. The Morgan fingerprint density at radius 3 is 2.12 bits per heavy atom. The molecule has 1 saturated heterocycles. The average Bonchev–Trinajstić information content (AvgIpc) is 3.85. The van der Waals surface area contributed by atoms with Crippen LogP contribution in [0.1, 0.15) is 92.7 Å². The number of ether oxygens (including phenoxy) is 2. The molecule has 0 N–H and O–H groups in total. The van der Waals surface area contributed by atoms with Gasteiger partial charge in [-0.3, -0.25) is 4.90 Å². The first-order chi connectivity index (χ1) is 20.0. The summed E-state index contributed by atoms with van der Waals surface area (Å²) in [5.41, 5.74) is -0.226. The van der Waals surface area contributed by atoms with E-state index in [9.17, 15) is 31.1 Å². The molecule has 1 spiro atoms. The number of rotatable bonds is 6. The third-order valence-electron chi connectivity index (χ3n) is 9.83. The van der Waals surface area contributed by atoms with Crippen LogP contribution in [-0.2, 0) is 22.5 Å². The van der Waals surface area contributed by atoms with Gasteiger partial charge in [0.05, 0.1) is 24.3 Å². The molecule has 0 radical (unpaired) electrons. The highest BCUT2D eigenvalue weighted by molar-refractivity contribution is 5.77. The van der Waals surface area contributed by atoms with Crippen molar-refractivity contribution < 1.29 is 45.0 Å². The summed E-state index contributed by atoms with van der Waals surface area (Å²) in [6.45, 7) is 3.66. The largest absolute Gasteiger partial charge is 0.496 e. The SMILES string of the molecule is COc1cc(F)c(C2(C)CC2)cc1C1=C(CN2C(=O)O[C@H](c3cc(C(F)(F)F)cc(C(F)(F)F)c3)[C@@H]2C)CC2(CC1)CC2. The number of alkyl halides is 6. The van der Waals surface area contributed by atoms with Crippen LogP contribution >= 0.6 is 0 Å². The molecule has 1 amide bonds. The molecule has 0 unspecified atom stereocenters. The molecule has 2 saturated carbocycles. The number of benzene rings is 2. The summed E-state index contributed by atoms with van der Waals surface area (Å²) in [7, 11) is 1.47. The monoisotopic (exact) mass is 611 g/mol. The highest BCUT2D eigenvalue weighted by atomic mass is 19.4. The molecule has 2 aromatic rings. The van der Waals surface area contributed by atoms with Crippen molar-refractivity contribution >= 4 is 11.7 Å². The first kappa shape index (κ1) is 29.8. The minimum Gasteiger partial charge on any atom is -0.496 e. The Kier molecular flexibility index (Phi) is 6.86. The molecule has 1 aliphatic heterocycles. The van der Waals surface area contributed by atoms with E-state index in [0.717, 1.165) is 48.8 Å². The lowest BCUT2D eigenvalue weighted by Crippen LogP contribution is -2.35. The summed E-state index contributed by atoms with van der Waals surface area (Å²) in [4.78, 5) is 14.5. The number of carbonyl (C=O) groups is 1. The Labute approximate surface area is 244 Å². The number of allylic oxidation sites excluding steroid dienone is 1. The zero-order chi connectivity index (χ0) is 31.1. The van der Waals surface area contributed by atoms with Crippen molar-refractivity contribution in [2.75, 3.05) is 13.7 Å². The van der Waals surface area contributed by atoms with E-state index in [2.05, 4.69) is 0 Å². The van der Waals surface area contributed by atoms with Crippen LogP contribution in [0.4, 0.5) is 35.5 Å². The Morgan fingerprint density at radius 1 is 0.953 bits per heavy atom. The van der Waals surface area contributed by atoms with E-state index < -0.39 is 41.7 Å². The van der Waals surface area contributed by atoms with Crippen LogP contribution in [0.25, 0.3) is 5.57 Å². The number of halogens is 7. The molecule has 232 valence electrons. The molecule has 4 aliphatic rings. The first-order valence-corrected chi connectivity index (χ1v) is 14.4. The number of amides is 1. The van der Waals surface area contributed by atoms with Crippen LogP contribution in [0.5, 0.6) is 5.75 Å². The smallest absolute Gasteiger partial charge is 0.416 e. The number of carbonyl (C=O) groups excluding carboxylic acids is 1. The normalized spacial score (nSPS) is 24.4. The Morgan fingerprint density at radius 2 is 1.58 bits per heavy atom. The second-order valence-corrected chi connectivity index (χ2v) is 12.9. The fourth-order valence-electron chi connectivity index (χ4n) is 6.68. The van der Waals surface area contributed by atoms with Gasteiger partial charge in [0.25, 0.3) is 0 Å². The lowest BCUT2D eigenvalue weighted by Gasteiger charge is -2.32. The van der Waals surface area contributed by atoms with Gasteiger partial charge >= 0.3 is 18.4 Å². The molecule has 43 heavy (non-hydrogen) atoms. The van der Waals surface area contributed by atoms with Crippen LogP contribution in [0.2, 0.25) is 0 Å². The standard InChI is InChI=1S/C32H32F7NO3/c1-17-27(18-10-20(31(34,35)36)12-21(11-18)32(37,38)39)43-28(41)40(17)16-19-15-30(8-9-30)5-4-22(19)23-13-24(29(2)6-7-29)25(33)14-26(23)42-3/h10-14,17,27H,4-9,15-16H2,1-3H3/t17-,27-/m0/s1. The summed E-state index contributed by atoms with van der Waals surface area (Å²) in [5, 5.41) is 0. The molecule has 11 heteroatoms. The molecular formula is C32H32F7NO3. The minimum absolute atomic E-state index is 0.0588. The lowest BCUT2D eigenvalue weighted by atomic mass is 9.78. The Bertz CT molecular complexity index is 1470. The number of nitrogens with zero attached hydrogens (tertiary/aromatic N) is 1. The molecule has 0 aromatic heterocycles. The zero-order valence-electron chi connectivity index (χ0n) is 24.0. The molecule has 2 atom stereocenters. The van der Waals surface area contributed by atoms with Gasteiger partial charge in [0, 0.05) is 18.2 Å². The van der Waals surface area contributed by atoms with Gasteiger partial charge < -0.3 is 9.47 Å². The van der Waals surface area contributed by atoms with Crippen molar-refractivity contribution in [1.29, 1.82) is 0 Å². The van der Waals surface area contributed by atoms with Crippen LogP contribution < -0.4 is 4.74 Å². The number of hydrogen-bond acceptors (Lipinski definition) is 3. The van der Waals surface area contributed by atoms with E-state index >= 15 is 4.39 Å². The van der Waals surface area contributed by atoms with Crippen LogP contribution in [0.3, 0.4) is 0 Å². The second kappa shape index (κ2) is 9.89. The molecular weight excluding hydrogens is 579 g/mol. The molecule has 6 rings (SSSR count). The predicted octanol–water partition coefficient (Wildman–Crippen LogP) is 9.22. The quantitative estimate of drug-likeness (QED) is 0.306. The van der Waals surface area contributed by atoms with Gasteiger partial charge in [0.15, 0.2) is 0 Å². The van der Waals surface area contributed by atoms with Crippen LogP contribution in [0.15, 0.2) is 35.9 Å². The highest BCUT2D eigenvalue weighted by Crippen LogP contribution is 2.60. The van der Waals surface area contributed by atoms with Crippen LogP contribution in [0, 0.1) is 11.2 Å². The van der Waals surface area contributed by atoms with Gasteiger partial charge in [-0.05, 0) is 109 Å². The lowest BCUT2D eigenvalue weighted by molar-refractivity contribution is -0.143. The van der Waals surface area contributed by atoms with Crippen molar-refractivity contribution in [3.8, 4) is 5.75 Å². The third-order valence-corrected chi connectivity index (χ3v) is 9.83. The van der Waals surface area contributed by atoms with Gasteiger partial charge in [0.2, 0.25) is 0 Å². The van der Waals surface area contributed by atoms with Crippen molar-refractivity contribution in [2.24, 2.45) is 5.41 Å². The maximum absolute atomic E-state index is 15.1. The van der Waals surface area contributed by atoms with Crippen molar-refractivity contribution in [2.45, 2.75) is 88.7 Å². The molecule has 3 aliphatic carbocycles. The zero-order valence-corrected chi connectivity index (χ0v) is 24.0. The van der Waals surface area contributed by atoms with Crippen molar-refractivity contribution in [3.63, 3.8) is 0 Å². The summed E-state index contributed by atoms with van der Waals surface area (Å²) >= 11 is 0. The summed E-state index contributed by atoms with van der Waals surface area (Å²) in [5.74, 6) is 0.0411. The molecule has 3 fully saturated rings.